The second-order valence-corrected chi connectivity index (χ2v) is 27.4. The summed E-state index contributed by atoms with van der Waals surface area (Å²) in [5.74, 6) is -10.1. The highest BCUT2D eigenvalue weighted by atomic mass is 35.5. The standard InChI is InChI=1S/C69H76Cl8N8O6/c1-3-5-7-9-11-13-15-17-19-22-28-44-30-26-34-49(36-44)82(84-57(86)42-55(76)66(84)88)64-60(68(90)80(78-64)62-51(72)38-47(70)39-52(62)73)59(46-32-24-21-25-33-46)61-65(79-81(69(61)91)63-53(74)40-48(71)41-54(63)75)83(85-58(87)43-56(77)67(85)89)50-35-27-31-45(37-50)29-23-20-18-16-14-12-10-8-6-4-2/h21,24-27,30-41,55-56,59-61H,3-20,22-23,28-29,42-43H2,1-2H3. The molecule has 5 aromatic carbocycles. The van der Waals surface area contributed by atoms with Crippen LogP contribution in [-0.2, 0) is 41.6 Å². The maximum Gasteiger partial charge on any atom is 0.267 e. The molecule has 4 aliphatic heterocycles. The first kappa shape index (κ1) is 69.9. The molecule has 4 aliphatic rings. The number of benzene rings is 5. The van der Waals surface area contributed by atoms with E-state index < -0.39 is 76.8 Å². The van der Waals surface area contributed by atoms with Gasteiger partial charge in [0.25, 0.3) is 35.4 Å². The number of amides is 6. The third-order valence-corrected chi connectivity index (χ3v) is 19.4. The first-order valence-electron chi connectivity index (χ1n) is 31.9. The van der Waals surface area contributed by atoms with Crippen molar-refractivity contribution in [3.05, 3.63) is 150 Å². The fourth-order valence-electron chi connectivity index (χ4n) is 12.5. The summed E-state index contributed by atoms with van der Waals surface area (Å²) in [5.41, 5.74) is 2.35. The van der Waals surface area contributed by atoms with Crippen molar-refractivity contribution in [2.24, 2.45) is 22.0 Å². The molecule has 0 aromatic heterocycles. The van der Waals surface area contributed by atoms with Crippen LogP contribution in [-0.4, -0.2) is 67.9 Å². The summed E-state index contributed by atoms with van der Waals surface area (Å²) in [6.07, 6.45) is 23.2. The molecule has 91 heavy (non-hydrogen) atoms. The lowest BCUT2D eigenvalue weighted by atomic mass is 9.74. The highest BCUT2D eigenvalue weighted by Gasteiger charge is 2.59. The Kier molecular flexibility index (Phi) is 25.4. The van der Waals surface area contributed by atoms with Crippen molar-refractivity contribution in [2.45, 2.75) is 185 Å². The van der Waals surface area contributed by atoms with Gasteiger partial charge in [-0.1, -0.05) is 254 Å². The molecular formula is C69H76Cl8N8O6. The van der Waals surface area contributed by atoms with Crippen LogP contribution in [0.1, 0.15) is 178 Å². The van der Waals surface area contributed by atoms with Crippen LogP contribution in [0.25, 0.3) is 0 Å². The number of hydrogen-bond donors (Lipinski definition) is 0. The highest BCUT2D eigenvalue weighted by Crippen LogP contribution is 2.50. The lowest BCUT2D eigenvalue weighted by Crippen LogP contribution is -2.56. The largest absolute Gasteiger partial charge is 0.272 e. The second kappa shape index (κ2) is 33.1. The molecule has 4 heterocycles. The predicted octanol–water partition coefficient (Wildman–Crippen LogP) is 19.1. The van der Waals surface area contributed by atoms with Gasteiger partial charge in [0.1, 0.15) is 34.0 Å². The SMILES string of the molecule is CCCCCCCCCCCCc1cccc(N(C2=NN(c3c(Cl)cc(Cl)cc3Cl)C(=O)C2C(c2ccccc2)C2C(=O)N(c3c(Cl)cc(Cl)cc3Cl)N=C2N(c2cccc(CCCCCCCCCCCC)c2)N2C(=O)CC(Cl)C2=O)N2C(=O)CC(Cl)C2=O)c1. The third-order valence-electron chi connectivity index (χ3n) is 17.1. The van der Waals surface area contributed by atoms with Gasteiger partial charge in [-0.2, -0.15) is 20.0 Å². The first-order chi connectivity index (χ1) is 43.9. The monoisotopic (exact) mass is 1390 g/mol. The number of halogens is 8. The van der Waals surface area contributed by atoms with Gasteiger partial charge in [-0.05, 0) is 90.9 Å². The van der Waals surface area contributed by atoms with E-state index in [0.29, 0.717) is 18.4 Å². The molecule has 0 spiro atoms. The van der Waals surface area contributed by atoms with Crippen LogP contribution in [0.4, 0.5) is 22.7 Å². The molecule has 0 N–H and O–H groups in total. The zero-order valence-electron chi connectivity index (χ0n) is 51.2. The van der Waals surface area contributed by atoms with E-state index in [2.05, 4.69) is 13.8 Å². The first-order valence-corrected chi connectivity index (χ1v) is 35.1. The van der Waals surface area contributed by atoms with E-state index in [1.807, 2.05) is 24.3 Å². The Morgan fingerprint density at radius 2 is 0.769 bits per heavy atom. The summed E-state index contributed by atoms with van der Waals surface area (Å²) in [4.78, 5) is 91.7. The fourth-order valence-corrected chi connectivity index (χ4v) is 14.9. The Bertz CT molecular complexity index is 3270. The lowest BCUT2D eigenvalue weighted by Gasteiger charge is -2.38. The number of alkyl halides is 2. The van der Waals surface area contributed by atoms with Crippen molar-refractivity contribution in [2.75, 3.05) is 20.0 Å². The van der Waals surface area contributed by atoms with E-state index in [4.69, 9.17) is 103 Å². The maximum atomic E-state index is 16.5. The number of nitrogens with zero attached hydrogens (tertiary/aromatic N) is 8. The van der Waals surface area contributed by atoms with Gasteiger partial charge in [-0.15, -0.1) is 33.4 Å². The molecular weight excluding hydrogens is 1320 g/mol. The summed E-state index contributed by atoms with van der Waals surface area (Å²) >= 11 is 54.6. The zero-order chi connectivity index (χ0) is 64.9. The minimum atomic E-state index is -1.73. The predicted molar refractivity (Wildman–Crippen MR) is 370 cm³/mol. The van der Waals surface area contributed by atoms with Crippen LogP contribution < -0.4 is 20.0 Å². The number of amidine groups is 2. The Morgan fingerprint density at radius 3 is 1.10 bits per heavy atom. The van der Waals surface area contributed by atoms with Gasteiger partial charge in [0.2, 0.25) is 0 Å². The molecule has 0 aliphatic carbocycles. The number of unbranched alkanes of at least 4 members (excludes halogenated alkanes) is 18. The number of carbonyl (C=O) groups excluding carboxylic acids is 6. The molecule has 2 saturated heterocycles. The van der Waals surface area contributed by atoms with Crippen LogP contribution in [0.5, 0.6) is 0 Å². The summed E-state index contributed by atoms with van der Waals surface area (Å²) in [6, 6.07) is 28.6. The van der Waals surface area contributed by atoms with Gasteiger partial charge in [-0.25, -0.2) is 10.0 Å². The molecule has 2 fully saturated rings. The van der Waals surface area contributed by atoms with Gasteiger partial charge < -0.3 is 0 Å². The summed E-state index contributed by atoms with van der Waals surface area (Å²) in [7, 11) is 0. The molecule has 4 atom stereocenters. The van der Waals surface area contributed by atoms with Crippen molar-refractivity contribution in [1.82, 2.24) is 10.0 Å². The average molecular weight is 1400 g/mol. The number of carbonyl (C=O) groups is 6. The third kappa shape index (κ3) is 16.6. The van der Waals surface area contributed by atoms with Gasteiger partial charge in [0, 0.05) is 16.0 Å². The lowest BCUT2D eigenvalue weighted by molar-refractivity contribution is -0.139. The minimum absolute atomic E-state index is 0.0898. The molecule has 6 amide bonds. The maximum absolute atomic E-state index is 16.5. The van der Waals surface area contributed by atoms with Crippen LogP contribution in [0.3, 0.4) is 0 Å². The Balaban J connectivity index is 1.21. The molecule has 22 heteroatoms. The van der Waals surface area contributed by atoms with E-state index in [9.17, 15) is 19.2 Å². The van der Waals surface area contributed by atoms with Crippen molar-refractivity contribution >= 4 is 163 Å². The average Bonchev–Trinajstić information content (AvgIpc) is 1.59. The van der Waals surface area contributed by atoms with E-state index >= 15 is 9.59 Å². The fraction of sp³-hybridized carbons (Fsp3) is 0.449. The molecule has 0 saturated carbocycles. The van der Waals surface area contributed by atoms with E-state index in [1.165, 1.54) is 111 Å². The quantitative estimate of drug-likeness (QED) is 0.0242. The van der Waals surface area contributed by atoms with Crippen LogP contribution in [0, 0.1) is 11.8 Å². The second-order valence-electron chi connectivity index (χ2n) is 23.8. The van der Waals surface area contributed by atoms with Crippen molar-refractivity contribution in [1.29, 1.82) is 0 Å². The summed E-state index contributed by atoms with van der Waals surface area (Å²) in [5, 5.41) is 13.7. The van der Waals surface area contributed by atoms with Crippen LogP contribution >= 0.6 is 92.8 Å². The van der Waals surface area contributed by atoms with E-state index in [1.54, 1.807) is 54.6 Å². The van der Waals surface area contributed by atoms with Gasteiger partial charge in [0.15, 0.2) is 11.7 Å². The Morgan fingerprint density at radius 1 is 0.429 bits per heavy atom. The van der Waals surface area contributed by atoms with Gasteiger partial charge in [0.05, 0.1) is 44.3 Å². The molecule has 5 aromatic rings. The number of hydrazine groups is 2. The van der Waals surface area contributed by atoms with E-state index in [-0.39, 0.29) is 64.6 Å². The minimum Gasteiger partial charge on any atom is -0.272 e. The number of imide groups is 2. The van der Waals surface area contributed by atoms with E-state index in [0.717, 1.165) is 82.5 Å². The van der Waals surface area contributed by atoms with Gasteiger partial charge >= 0.3 is 0 Å². The normalized spacial score (nSPS) is 18.8. The Hall–Kier alpha value is -5.42. The smallest absolute Gasteiger partial charge is 0.267 e. The molecule has 0 bridgehead atoms. The topological polar surface area (TPSA) is 147 Å². The summed E-state index contributed by atoms with van der Waals surface area (Å²) in [6.45, 7) is 4.43. The molecule has 14 nitrogen and oxygen atoms in total. The number of hydrogen-bond acceptors (Lipinski definition) is 10. The number of anilines is 4. The highest BCUT2D eigenvalue weighted by molar-refractivity contribution is 6.45. The van der Waals surface area contributed by atoms with Crippen molar-refractivity contribution in [3.63, 3.8) is 0 Å². The van der Waals surface area contributed by atoms with Crippen LogP contribution in [0.15, 0.2) is 113 Å². The van der Waals surface area contributed by atoms with Crippen molar-refractivity contribution < 1.29 is 28.8 Å². The van der Waals surface area contributed by atoms with Gasteiger partial charge in [-0.3, -0.25) is 28.8 Å². The number of rotatable bonds is 31. The van der Waals surface area contributed by atoms with Crippen molar-refractivity contribution in [3.8, 4) is 0 Å². The van der Waals surface area contributed by atoms with Crippen LogP contribution in [0.2, 0.25) is 30.1 Å². The number of aryl methyl sites for hydroxylation is 2. The zero-order valence-corrected chi connectivity index (χ0v) is 57.3. The molecule has 484 valence electrons. The summed E-state index contributed by atoms with van der Waals surface area (Å²) < 4.78 is 0. The molecule has 4 unspecified atom stereocenters. The number of hydrazone groups is 2. The Labute approximate surface area is 573 Å². The molecule has 9 rings (SSSR count). The molecule has 0 radical (unpaired) electrons.